The van der Waals surface area contributed by atoms with Crippen LogP contribution in [0.15, 0.2) is 36.9 Å². The van der Waals surface area contributed by atoms with E-state index in [9.17, 15) is 0 Å². The van der Waals surface area contributed by atoms with Crippen molar-refractivity contribution < 1.29 is 9.80 Å². The fourth-order valence-corrected chi connectivity index (χ4v) is 4.46. The molecule has 0 unspecified atom stereocenters. The van der Waals surface area contributed by atoms with Gasteiger partial charge in [-0.3, -0.25) is 0 Å². The summed E-state index contributed by atoms with van der Waals surface area (Å²) in [5.41, 5.74) is 2.86. The number of anilines is 1. The smallest absolute Gasteiger partial charge is 0.205 e. The van der Waals surface area contributed by atoms with E-state index in [1.54, 1.807) is 9.80 Å². The molecule has 2 aromatic rings. The number of benzene rings is 1. The molecule has 146 valence electrons. The van der Waals surface area contributed by atoms with Crippen LogP contribution in [0, 0.1) is 3.95 Å². The van der Waals surface area contributed by atoms with Gasteiger partial charge in [-0.25, -0.2) is 0 Å². The molecule has 0 atom stereocenters. The lowest BCUT2D eigenvalue weighted by molar-refractivity contribution is -1.03. The molecule has 0 radical (unpaired) electrons. The van der Waals surface area contributed by atoms with Crippen LogP contribution in [0.3, 0.4) is 0 Å². The molecule has 3 N–H and O–H groups in total. The van der Waals surface area contributed by atoms with Crippen LogP contribution < -0.4 is 15.1 Å². The Bertz CT molecular complexity index is 785. The molecule has 0 spiro atoms. The van der Waals surface area contributed by atoms with Crippen molar-refractivity contribution in [3.05, 3.63) is 52.0 Å². The predicted octanol–water partition coefficient (Wildman–Crippen LogP) is 1.34. The number of rotatable bonds is 8. The SMILES string of the molecule is C=CCNc1nn(C[NH+]2CC[NH+](Cc3ccc(C(C)C)cc3)CC2)c(=S)s1. The maximum absolute atomic E-state index is 5.46. The summed E-state index contributed by atoms with van der Waals surface area (Å²) >= 11 is 7.00. The highest BCUT2D eigenvalue weighted by Crippen LogP contribution is 2.14. The number of hydrogen-bond donors (Lipinski definition) is 3. The second kappa shape index (κ2) is 9.59. The normalized spacial score (nSPS) is 20.0. The molecule has 1 fully saturated rings. The zero-order valence-corrected chi connectivity index (χ0v) is 18.0. The van der Waals surface area contributed by atoms with Gasteiger partial charge in [0.1, 0.15) is 32.7 Å². The Morgan fingerprint density at radius 1 is 1.22 bits per heavy atom. The van der Waals surface area contributed by atoms with Crippen LogP contribution in [0.25, 0.3) is 0 Å². The Labute approximate surface area is 171 Å². The molecular formula is C20H31N5S2+2. The van der Waals surface area contributed by atoms with Gasteiger partial charge in [0.05, 0.1) is 0 Å². The lowest BCUT2D eigenvalue weighted by Gasteiger charge is -2.29. The molecule has 0 aliphatic carbocycles. The highest BCUT2D eigenvalue weighted by Gasteiger charge is 2.24. The molecule has 0 saturated carbocycles. The predicted molar refractivity (Wildman–Crippen MR) is 115 cm³/mol. The summed E-state index contributed by atoms with van der Waals surface area (Å²) in [4.78, 5) is 3.23. The van der Waals surface area contributed by atoms with E-state index in [1.807, 2.05) is 10.8 Å². The monoisotopic (exact) mass is 405 g/mol. The van der Waals surface area contributed by atoms with Crippen molar-refractivity contribution in [2.45, 2.75) is 33.0 Å². The molecule has 3 rings (SSSR count). The van der Waals surface area contributed by atoms with Crippen LogP contribution in [0.4, 0.5) is 5.13 Å². The lowest BCUT2D eigenvalue weighted by atomic mass is 10.0. The summed E-state index contributed by atoms with van der Waals surface area (Å²) in [6.45, 7) is 15.6. The summed E-state index contributed by atoms with van der Waals surface area (Å²) in [5, 5.41) is 8.70. The summed E-state index contributed by atoms with van der Waals surface area (Å²) in [6.07, 6.45) is 1.83. The van der Waals surface area contributed by atoms with Gasteiger partial charge in [-0.1, -0.05) is 55.5 Å². The number of nitrogens with zero attached hydrogens (tertiary/aromatic N) is 2. The highest BCUT2D eigenvalue weighted by molar-refractivity contribution is 7.73. The van der Waals surface area contributed by atoms with Gasteiger partial charge in [-0.15, -0.1) is 11.7 Å². The second-order valence-electron chi connectivity index (χ2n) is 7.57. The van der Waals surface area contributed by atoms with Crippen LogP contribution in [-0.4, -0.2) is 42.5 Å². The van der Waals surface area contributed by atoms with E-state index in [2.05, 4.69) is 55.1 Å². The van der Waals surface area contributed by atoms with Gasteiger partial charge in [0.15, 0.2) is 10.6 Å². The first kappa shape index (κ1) is 20.2. The summed E-state index contributed by atoms with van der Waals surface area (Å²) in [7, 11) is 0. The molecule has 0 amide bonds. The van der Waals surface area contributed by atoms with Crippen LogP contribution in [0.2, 0.25) is 0 Å². The molecule has 5 nitrogen and oxygen atoms in total. The first-order valence-corrected chi connectivity index (χ1v) is 11.0. The Kier molecular flexibility index (Phi) is 7.18. The van der Waals surface area contributed by atoms with E-state index >= 15 is 0 Å². The molecule has 1 aliphatic rings. The lowest BCUT2D eigenvalue weighted by Crippen LogP contribution is -3.27. The third kappa shape index (κ3) is 5.72. The number of nitrogens with one attached hydrogen (secondary N) is 3. The third-order valence-electron chi connectivity index (χ3n) is 5.14. The van der Waals surface area contributed by atoms with Gasteiger partial charge in [0.2, 0.25) is 5.13 Å². The minimum Gasteiger partial charge on any atom is -0.357 e. The van der Waals surface area contributed by atoms with E-state index in [0.29, 0.717) is 5.92 Å². The molecule has 1 aliphatic heterocycles. The molecular weight excluding hydrogens is 374 g/mol. The van der Waals surface area contributed by atoms with E-state index < -0.39 is 0 Å². The van der Waals surface area contributed by atoms with E-state index in [-0.39, 0.29) is 0 Å². The Balaban J connectivity index is 1.48. The maximum atomic E-state index is 5.46. The number of piperazine rings is 1. The van der Waals surface area contributed by atoms with E-state index in [0.717, 1.165) is 41.9 Å². The molecule has 27 heavy (non-hydrogen) atoms. The van der Waals surface area contributed by atoms with Crippen LogP contribution in [0.5, 0.6) is 0 Å². The van der Waals surface area contributed by atoms with E-state index in [4.69, 9.17) is 12.2 Å². The quantitative estimate of drug-likeness (QED) is 0.458. The minimum atomic E-state index is 0.600. The summed E-state index contributed by atoms with van der Waals surface area (Å²) < 4.78 is 2.81. The Hall–Kier alpha value is -1.54. The Morgan fingerprint density at radius 3 is 2.52 bits per heavy atom. The third-order valence-corrected chi connectivity index (χ3v) is 6.41. The average Bonchev–Trinajstić information content (AvgIpc) is 3.01. The van der Waals surface area contributed by atoms with Crippen molar-refractivity contribution in [3.63, 3.8) is 0 Å². The molecule has 1 aromatic carbocycles. The molecule has 1 saturated heterocycles. The molecule has 0 bridgehead atoms. The van der Waals surface area contributed by atoms with Gasteiger partial charge in [0.25, 0.3) is 0 Å². The number of aromatic nitrogens is 2. The zero-order valence-electron chi connectivity index (χ0n) is 16.3. The summed E-state index contributed by atoms with van der Waals surface area (Å²) in [6, 6.07) is 9.16. The maximum Gasteiger partial charge on any atom is 0.205 e. The summed E-state index contributed by atoms with van der Waals surface area (Å²) in [5.74, 6) is 0.600. The van der Waals surface area contributed by atoms with Gasteiger partial charge < -0.3 is 15.1 Å². The zero-order chi connectivity index (χ0) is 19.2. The molecule has 7 heteroatoms. The van der Waals surface area contributed by atoms with Crippen molar-refractivity contribution in [2.24, 2.45) is 0 Å². The van der Waals surface area contributed by atoms with E-state index in [1.165, 1.54) is 35.6 Å². The average molecular weight is 406 g/mol. The van der Waals surface area contributed by atoms with Gasteiger partial charge in [-0.2, -0.15) is 4.68 Å². The van der Waals surface area contributed by atoms with Gasteiger partial charge in [0, 0.05) is 12.1 Å². The van der Waals surface area contributed by atoms with Crippen molar-refractivity contribution in [1.29, 1.82) is 0 Å². The highest BCUT2D eigenvalue weighted by atomic mass is 32.1. The Morgan fingerprint density at radius 2 is 1.89 bits per heavy atom. The van der Waals surface area contributed by atoms with Crippen molar-refractivity contribution >= 4 is 28.7 Å². The number of hydrogen-bond acceptors (Lipinski definition) is 4. The first-order valence-electron chi connectivity index (χ1n) is 9.74. The molecule has 1 aromatic heterocycles. The molecule has 2 heterocycles. The largest absolute Gasteiger partial charge is 0.357 e. The van der Waals surface area contributed by atoms with Crippen molar-refractivity contribution in [1.82, 2.24) is 9.78 Å². The standard InChI is InChI=1S/C20H29N5S2/c1-4-9-21-19-22-25(20(26)27-19)15-24-12-10-23(11-13-24)14-17-5-7-18(8-6-17)16(2)3/h4-8,16H,1,9-15H2,2-3H3,(H,21,22)/p+2. The van der Waals surface area contributed by atoms with Crippen LogP contribution in [0.1, 0.15) is 30.9 Å². The fraction of sp³-hybridized carbons (Fsp3) is 0.500. The second-order valence-corrected chi connectivity index (χ2v) is 9.20. The topological polar surface area (TPSA) is 38.7 Å². The minimum absolute atomic E-state index is 0.600. The number of quaternary nitrogens is 2. The first-order chi connectivity index (χ1) is 13.0. The van der Waals surface area contributed by atoms with Crippen LogP contribution >= 0.6 is 23.6 Å². The van der Waals surface area contributed by atoms with Crippen molar-refractivity contribution in [3.8, 4) is 0 Å². The van der Waals surface area contributed by atoms with Gasteiger partial charge >= 0.3 is 0 Å². The van der Waals surface area contributed by atoms with Gasteiger partial charge in [-0.05, 0) is 23.7 Å². The fourth-order valence-electron chi connectivity index (χ4n) is 3.45. The van der Waals surface area contributed by atoms with Crippen LogP contribution in [-0.2, 0) is 13.2 Å². The van der Waals surface area contributed by atoms with Crippen molar-refractivity contribution in [2.75, 3.05) is 38.0 Å².